The van der Waals surface area contributed by atoms with Crippen LogP contribution in [0.4, 0.5) is 0 Å². The molecule has 0 radical (unpaired) electrons. The minimum Gasteiger partial charge on any atom is -0.508 e. The summed E-state index contributed by atoms with van der Waals surface area (Å²) < 4.78 is 1.79. The predicted molar refractivity (Wildman–Crippen MR) is 119 cm³/mol. The molecule has 0 saturated carbocycles. The Labute approximate surface area is 176 Å². The maximum absolute atomic E-state index is 10.5. The van der Waals surface area contributed by atoms with Crippen LogP contribution in [-0.4, -0.2) is 37.7 Å². The van der Waals surface area contributed by atoms with E-state index in [0.717, 1.165) is 22.5 Å². The minimum absolute atomic E-state index is 0.0589. The van der Waals surface area contributed by atoms with E-state index in [1.165, 1.54) is 11.6 Å². The second-order valence-electron chi connectivity index (χ2n) is 7.14. The summed E-state index contributed by atoms with van der Waals surface area (Å²) in [5.74, 6) is 0.630. The van der Waals surface area contributed by atoms with E-state index >= 15 is 0 Å². The van der Waals surface area contributed by atoms with E-state index in [0.29, 0.717) is 23.0 Å². The molecule has 0 amide bonds. The van der Waals surface area contributed by atoms with E-state index in [1.54, 1.807) is 17.7 Å². The molecule has 2 aromatic carbocycles. The number of hydrogen-bond acceptors (Lipinski definition) is 6. The SMILES string of the molecule is CCc1cc(-c2nnc(S)n2-c2ccc(C)c(C(C)/C(C)=N/C)c2)c(O)cc1O. The molecule has 6 nitrogen and oxygen atoms in total. The minimum atomic E-state index is -0.0589. The first-order valence-corrected chi connectivity index (χ1v) is 9.96. The van der Waals surface area contributed by atoms with Crippen molar-refractivity contribution in [3.05, 3.63) is 47.0 Å². The van der Waals surface area contributed by atoms with Crippen molar-refractivity contribution in [1.29, 1.82) is 0 Å². The summed E-state index contributed by atoms with van der Waals surface area (Å²) in [6.45, 7) is 8.16. The van der Waals surface area contributed by atoms with Gasteiger partial charge < -0.3 is 10.2 Å². The number of thiol groups is 1. The number of aromatic hydroxyl groups is 2. The van der Waals surface area contributed by atoms with E-state index in [9.17, 15) is 10.2 Å². The van der Waals surface area contributed by atoms with Crippen LogP contribution in [0.25, 0.3) is 17.1 Å². The van der Waals surface area contributed by atoms with Crippen LogP contribution in [0.3, 0.4) is 0 Å². The third kappa shape index (κ3) is 3.87. The lowest BCUT2D eigenvalue weighted by molar-refractivity contribution is 0.447. The summed E-state index contributed by atoms with van der Waals surface area (Å²) in [5, 5.41) is 29.3. The Morgan fingerprint density at radius 3 is 2.55 bits per heavy atom. The van der Waals surface area contributed by atoms with Crippen molar-refractivity contribution in [2.75, 3.05) is 7.05 Å². The molecule has 29 heavy (non-hydrogen) atoms. The summed E-state index contributed by atoms with van der Waals surface area (Å²) in [7, 11) is 1.80. The molecule has 1 heterocycles. The summed E-state index contributed by atoms with van der Waals surface area (Å²) in [5.41, 5.74) is 5.43. The lowest BCUT2D eigenvalue weighted by Gasteiger charge is -2.17. The number of rotatable bonds is 5. The summed E-state index contributed by atoms with van der Waals surface area (Å²) in [6, 6.07) is 9.20. The molecule has 1 aromatic heterocycles. The molecule has 0 aliphatic carbocycles. The van der Waals surface area contributed by atoms with Crippen LogP contribution >= 0.6 is 12.6 Å². The Kier molecular flexibility index (Phi) is 5.98. The van der Waals surface area contributed by atoms with E-state index in [-0.39, 0.29) is 17.4 Å². The molecular formula is C22H26N4O2S. The number of nitrogens with zero attached hydrogens (tertiary/aromatic N) is 4. The number of benzene rings is 2. The molecule has 3 rings (SSSR count). The molecule has 0 aliphatic rings. The molecule has 0 bridgehead atoms. The zero-order chi connectivity index (χ0) is 21.3. The molecule has 1 atom stereocenters. The van der Waals surface area contributed by atoms with Crippen molar-refractivity contribution >= 4 is 18.3 Å². The van der Waals surface area contributed by atoms with Crippen molar-refractivity contribution < 1.29 is 10.2 Å². The predicted octanol–water partition coefficient (Wildman–Crippen LogP) is 4.70. The maximum Gasteiger partial charge on any atom is 0.193 e. The van der Waals surface area contributed by atoms with Crippen LogP contribution in [0.15, 0.2) is 40.5 Å². The number of aliphatic imine (C=N–C) groups is 1. The van der Waals surface area contributed by atoms with E-state index in [1.807, 2.05) is 19.9 Å². The van der Waals surface area contributed by atoms with Gasteiger partial charge in [-0.2, -0.15) is 0 Å². The number of hydrogen-bond donors (Lipinski definition) is 3. The first-order valence-electron chi connectivity index (χ1n) is 9.52. The largest absolute Gasteiger partial charge is 0.508 e. The summed E-state index contributed by atoms with van der Waals surface area (Å²) >= 11 is 4.49. The first kappa shape index (κ1) is 20.9. The van der Waals surface area contributed by atoms with E-state index in [4.69, 9.17) is 0 Å². The van der Waals surface area contributed by atoms with Crippen LogP contribution in [0.5, 0.6) is 11.5 Å². The Hall–Kier alpha value is -2.80. The van der Waals surface area contributed by atoms with Gasteiger partial charge in [0, 0.05) is 24.7 Å². The zero-order valence-corrected chi connectivity index (χ0v) is 18.2. The van der Waals surface area contributed by atoms with Gasteiger partial charge in [0.05, 0.1) is 11.3 Å². The zero-order valence-electron chi connectivity index (χ0n) is 17.3. The molecule has 0 spiro atoms. The van der Waals surface area contributed by atoms with Gasteiger partial charge in [0.1, 0.15) is 11.5 Å². The Balaban J connectivity index is 2.20. The van der Waals surface area contributed by atoms with Gasteiger partial charge in [-0.05, 0) is 55.2 Å². The first-order chi connectivity index (χ1) is 13.8. The topological polar surface area (TPSA) is 83.5 Å². The quantitative estimate of drug-likeness (QED) is 0.421. The third-order valence-electron chi connectivity index (χ3n) is 5.43. The van der Waals surface area contributed by atoms with Crippen molar-refractivity contribution in [2.24, 2.45) is 4.99 Å². The summed E-state index contributed by atoms with van der Waals surface area (Å²) in [4.78, 5) is 4.33. The fourth-order valence-corrected chi connectivity index (χ4v) is 3.68. The number of aromatic nitrogens is 3. The van der Waals surface area contributed by atoms with E-state index < -0.39 is 0 Å². The average molecular weight is 411 g/mol. The number of phenolic OH excluding ortho intramolecular Hbond substituents is 2. The Bertz CT molecular complexity index is 1090. The van der Waals surface area contributed by atoms with Crippen LogP contribution in [-0.2, 0) is 6.42 Å². The Morgan fingerprint density at radius 2 is 1.90 bits per heavy atom. The highest BCUT2D eigenvalue weighted by atomic mass is 32.1. The molecular weight excluding hydrogens is 384 g/mol. The van der Waals surface area contributed by atoms with Gasteiger partial charge in [0.15, 0.2) is 11.0 Å². The molecule has 0 saturated heterocycles. The maximum atomic E-state index is 10.5. The standard InChI is InChI=1S/C22H26N4O2S/c1-6-15-9-18(20(28)11-19(15)27)21-24-25-22(29)26(21)16-8-7-12(2)17(10-16)13(3)14(4)23-5/h7-11,13,27-28H,6H2,1-5H3,(H,25,29)/b23-14+. The van der Waals surface area contributed by atoms with Crippen LogP contribution in [0, 0.1) is 6.92 Å². The van der Waals surface area contributed by atoms with Crippen molar-refractivity contribution in [1.82, 2.24) is 14.8 Å². The highest BCUT2D eigenvalue weighted by Gasteiger charge is 2.20. The lowest BCUT2D eigenvalue weighted by Crippen LogP contribution is -2.08. The molecule has 2 N–H and O–H groups in total. The molecule has 0 fully saturated rings. The van der Waals surface area contributed by atoms with Crippen LogP contribution in [0.2, 0.25) is 0 Å². The van der Waals surface area contributed by atoms with Gasteiger partial charge in [-0.15, -0.1) is 22.8 Å². The number of aryl methyl sites for hydroxylation is 2. The van der Waals surface area contributed by atoms with Crippen LogP contribution in [0.1, 0.15) is 43.4 Å². The normalized spacial score (nSPS) is 13.0. The van der Waals surface area contributed by atoms with Crippen molar-refractivity contribution in [3.8, 4) is 28.6 Å². The molecule has 0 aliphatic heterocycles. The lowest BCUT2D eigenvalue weighted by atomic mass is 9.92. The fourth-order valence-electron chi connectivity index (χ4n) is 3.42. The van der Waals surface area contributed by atoms with E-state index in [2.05, 4.69) is 53.8 Å². The van der Waals surface area contributed by atoms with Gasteiger partial charge in [-0.25, -0.2) is 0 Å². The van der Waals surface area contributed by atoms with Crippen LogP contribution < -0.4 is 0 Å². The molecule has 152 valence electrons. The highest BCUT2D eigenvalue weighted by Crippen LogP contribution is 2.36. The fraction of sp³-hybridized carbons (Fsp3) is 0.318. The average Bonchev–Trinajstić information content (AvgIpc) is 3.08. The summed E-state index contributed by atoms with van der Waals surface area (Å²) in [6.07, 6.45) is 0.628. The van der Waals surface area contributed by atoms with Crippen molar-refractivity contribution in [2.45, 2.75) is 45.2 Å². The van der Waals surface area contributed by atoms with Gasteiger partial charge >= 0.3 is 0 Å². The van der Waals surface area contributed by atoms with Gasteiger partial charge in [-0.3, -0.25) is 9.56 Å². The van der Waals surface area contributed by atoms with Gasteiger partial charge in [-0.1, -0.05) is 19.9 Å². The molecule has 3 aromatic rings. The van der Waals surface area contributed by atoms with Crippen molar-refractivity contribution in [3.63, 3.8) is 0 Å². The molecule has 7 heteroatoms. The number of phenols is 2. The Morgan fingerprint density at radius 1 is 1.17 bits per heavy atom. The van der Waals surface area contributed by atoms with Gasteiger partial charge in [0.2, 0.25) is 0 Å². The highest BCUT2D eigenvalue weighted by molar-refractivity contribution is 7.80. The second-order valence-corrected chi connectivity index (χ2v) is 7.54. The van der Waals surface area contributed by atoms with Gasteiger partial charge in [0.25, 0.3) is 0 Å². The monoisotopic (exact) mass is 410 g/mol. The smallest absolute Gasteiger partial charge is 0.193 e. The second kappa shape index (κ2) is 8.29. The molecule has 1 unspecified atom stereocenters. The third-order valence-corrected chi connectivity index (χ3v) is 5.72.